The molecule has 3 nitrogen and oxygen atoms in total. The van der Waals surface area contributed by atoms with Crippen LogP contribution in [-0.4, -0.2) is 26.8 Å². The van der Waals surface area contributed by atoms with Crippen LogP contribution in [0.1, 0.15) is 30.4 Å². The third kappa shape index (κ3) is 2.08. The average molecular weight is 265 g/mol. The third-order valence-corrected chi connectivity index (χ3v) is 6.29. The number of rotatable bonds is 2. The Morgan fingerprint density at radius 1 is 1.11 bits per heavy atom. The number of hydrogen-bond acceptors (Lipinski definition) is 3. The molecule has 1 aliphatic carbocycles. The van der Waals surface area contributed by atoms with Gasteiger partial charge in [0.2, 0.25) is 0 Å². The molecule has 0 amide bonds. The lowest BCUT2D eigenvalue weighted by Gasteiger charge is -2.18. The number of aryl methyl sites for hydroxylation is 2. The van der Waals surface area contributed by atoms with Crippen molar-refractivity contribution in [2.75, 3.05) is 13.1 Å². The van der Waals surface area contributed by atoms with Gasteiger partial charge in [0.15, 0.2) is 9.84 Å². The van der Waals surface area contributed by atoms with Gasteiger partial charge >= 0.3 is 0 Å². The van der Waals surface area contributed by atoms with Crippen molar-refractivity contribution in [3.05, 3.63) is 29.3 Å². The Bertz CT molecular complexity index is 545. The van der Waals surface area contributed by atoms with E-state index < -0.39 is 9.84 Å². The lowest BCUT2D eigenvalue weighted by atomic mass is 9.92. The van der Waals surface area contributed by atoms with Gasteiger partial charge in [-0.2, -0.15) is 0 Å². The summed E-state index contributed by atoms with van der Waals surface area (Å²) in [5, 5.41) is 2.89. The Labute approximate surface area is 109 Å². The maximum Gasteiger partial charge on any atom is 0.182 e. The lowest BCUT2D eigenvalue weighted by molar-refractivity contribution is 0.582. The number of benzene rings is 1. The van der Waals surface area contributed by atoms with Crippen LogP contribution >= 0.6 is 0 Å². The van der Waals surface area contributed by atoms with Gasteiger partial charge in [0.1, 0.15) is 0 Å². The Morgan fingerprint density at radius 2 is 1.89 bits per heavy atom. The lowest BCUT2D eigenvalue weighted by Crippen LogP contribution is -2.24. The summed E-state index contributed by atoms with van der Waals surface area (Å²) in [6.07, 6.45) is 5.27. The van der Waals surface area contributed by atoms with Crippen LogP contribution < -0.4 is 5.32 Å². The quantitative estimate of drug-likeness (QED) is 0.885. The van der Waals surface area contributed by atoms with Crippen molar-refractivity contribution in [2.24, 2.45) is 0 Å². The average Bonchev–Trinajstić information content (AvgIpc) is 2.92. The van der Waals surface area contributed by atoms with E-state index in [9.17, 15) is 8.42 Å². The highest BCUT2D eigenvalue weighted by Gasteiger charge is 2.30. The molecule has 1 aromatic carbocycles. The van der Waals surface area contributed by atoms with E-state index in [1.54, 1.807) is 6.07 Å². The first-order valence-electron chi connectivity index (χ1n) is 6.74. The summed E-state index contributed by atoms with van der Waals surface area (Å²) in [6.45, 7) is 1.41. The molecule has 98 valence electrons. The van der Waals surface area contributed by atoms with E-state index in [1.807, 2.05) is 12.1 Å². The number of nitrogens with one attached hydrogen (secondary N) is 1. The summed E-state index contributed by atoms with van der Waals surface area (Å²) in [5.74, 6) is 0. The topological polar surface area (TPSA) is 46.2 Å². The number of hydrogen-bond donors (Lipinski definition) is 1. The van der Waals surface area contributed by atoms with E-state index in [1.165, 1.54) is 24.0 Å². The SMILES string of the molecule is O=S(=O)(c1ccc2c(c1)CCCC2)C1CCNC1. The largest absolute Gasteiger partial charge is 0.315 e. The molecule has 0 saturated carbocycles. The van der Waals surface area contributed by atoms with Crippen LogP contribution in [-0.2, 0) is 22.7 Å². The zero-order valence-corrected chi connectivity index (χ0v) is 11.3. The monoisotopic (exact) mass is 265 g/mol. The molecule has 4 heteroatoms. The normalized spacial score (nSPS) is 23.9. The summed E-state index contributed by atoms with van der Waals surface area (Å²) >= 11 is 0. The molecule has 1 unspecified atom stereocenters. The maximum absolute atomic E-state index is 12.5. The zero-order chi connectivity index (χ0) is 12.6. The van der Waals surface area contributed by atoms with E-state index in [0.29, 0.717) is 11.4 Å². The Morgan fingerprint density at radius 3 is 2.61 bits per heavy atom. The predicted octanol–water partition coefficient (Wildman–Crippen LogP) is 1.70. The Kier molecular flexibility index (Phi) is 3.16. The van der Waals surface area contributed by atoms with Crippen LogP contribution in [0, 0.1) is 0 Å². The van der Waals surface area contributed by atoms with Crippen LogP contribution in [0.5, 0.6) is 0 Å². The highest BCUT2D eigenvalue weighted by molar-refractivity contribution is 7.92. The van der Waals surface area contributed by atoms with Crippen molar-refractivity contribution in [3.8, 4) is 0 Å². The second kappa shape index (κ2) is 4.67. The summed E-state index contributed by atoms with van der Waals surface area (Å²) < 4.78 is 25.0. The fraction of sp³-hybridized carbons (Fsp3) is 0.571. The molecular formula is C14H19NO2S. The van der Waals surface area contributed by atoms with E-state index in [-0.39, 0.29) is 5.25 Å². The fourth-order valence-corrected chi connectivity index (χ4v) is 4.69. The summed E-state index contributed by atoms with van der Waals surface area (Å²) in [6, 6.07) is 5.74. The van der Waals surface area contributed by atoms with Crippen LogP contribution in [0.3, 0.4) is 0 Å². The van der Waals surface area contributed by atoms with Gasteiger partial charge in [-0.25, -0.2) is 8.42 Å². The van der Waals surface area contributed by atoms with Crippen molar-refractivity contribution in [2.45, 2.75) is 42.2 Å². The standard InChI is InChI=1S/C14H19NO2S/c16-18(17,14-7-8-15-10-14)13-6-5-11-3-1-2-4-12(11)9-13/h5-6,9,14-15H,1-4,7-8,10H2. The van der Waals surface area contributed by atoms with E-state index in [4.69, 9.17) is 0 Å². The first-order valence-corrected chi connectivity index (χ1v) is 8.29. The van der Waals surface area contributed by atoms with Crippen molar-refractivity contribution in [3.63, 3.8) is 0 Å². The second-order valence-electron chi connectivity index (χ2n) is 5.30. The van der Waals surface area contributed by atoms with Gasteiger partial charge < -0.3 is 5.32 Å². The predicted molar refractivity (Wildman–Crippen MR) is 71.5 cm³/mol. The molecule has 18 heavy (non-hydrogen) atoms. The molecule has 1 fully saturated rings. The summed E-state index contributed by atoms with van der Waals surface area (Å²) in [7, 11) is -3.13. The van der Waals surface area contributed by atoms with Gasteiger partial charge in [-0.1, -0.05) is 6.07 Å². The van der Waals surface area contributed by atoms with Gasteiger partial charge in [0, 0.05) is 6.54 Å². The molecule has 1 aliphatic heterocycles. The minimum Gasteiger partial charge on any atom is -0.315 e. The highest BCUT2D eigenvalue weighted by atomic mass is 32.2. The molecule has 0 spiro atoms. The first-order chi connectivity index (χ1) is 8.68. The minimum atomic E-state index is -3.13. The highest BCUT2D eigenvalue weighted by Crippen LogP contribution is 2.27. The van der Waals surface area contributed by atoms with Gasteiger partial charge in [0.25, 0.3) is 0 Å². The molecule has 0 bridgehead atoms. The molecule has 3 rings (SSSR count). The van der Waals surface area contributed by atoms with Crippen molar-refractivity contribution in [1.82, 2.24) is 5.32 Å². The number of sulfone groups is 1. The molecule has 1 atom stereocenters. The molecule has 2 aliphatic rings. The second-order valence-corrected chi connectivity index (χ2v) is 7.53. The maximum atomic E-state index is 12.5. The summed E-state index contributed by atoms with van der Waals surface area (Å²) in [4.78, 5) is 0.525. The van der Waals surface area contributed by atoms with E-state index >= 15 is 0 Å². The first kappa shape index (κ1) is 12.2. The fourth-order valence-electron chi connectivity index (χ4n) is 2.97. The zero-order valence-electron chi connectivity index (χ0n) is 10.5. The van der Waals surface area contributed by atoms with Crippen molar-refractivity contribution >= 4 is 9.84 Å². The molecule has 0 aromatic heterocycles. The van der Waals surface area contributed by atoms with Crippen LogP contribution in [0.25, 0.3) is 0 Å². The third-order valence-electron chi connectivity index (χ3n) is 4.10. The summed E-state index contributed by atoms with van der Waals surface area (Å²) in [5.41, 5.74) is 2.58. The van der Waals surface area contributed by atoms with Crippen LogP contribution in [0.15, 0.2) is 23.1 Å². The molecule has 0 radical (unpaired) electrons. The Hall–Kier alpha value is -0.870. The van der Waals surface area contributed by atoms with Gasteiger partial charge in [0.05, 0.1) is 10.1 Å². The van der Waals surface area contributed by atoms with Gasteiger partial charge in [-0.15, -0.1) is 0 Å². The molecular weight excluding hydrogens is 246 g/mol. The van der Waals surface area contributed by atoms with Crippen molar-refractivity contribution in [1.29, 1.82) is 0 Å². The number of fused-ring (bicyclic) bond motifs is 1. The van der Waals surface area contributed by atoms with Gasteiger partial charge in [-0.05, 0) is 61.9 Å². The van der Waals surface area contributed by atoms with Crippen molar-refractivity contribution < 1.29 is 8.42 Å². The minimum absolute atomic E-state index is 0.237. The molecule has 1 aromatic rings. The smallest absolute Gasteiger partial charge is 0.182 e. The van der Waals surface area contributed by atoms with Gasteiger partial charge in [-0.3, -0.25) is 0 Å². The van der Waals surface area contributed by atoms with Crippen LogP contribution in [0.4, 0.5) is 0 Å². The van der Waals surface area contributed by atoms with Crippen LogP contribution in [0.2, 0.25) is 0 Å². The Balaban J connectivity index is 1.96. The molecule has 1 heterocycles. The van der Waals surface area contributed by atoms with E-state index in [0.717, 1.165) is 25.8 Å². The molecule has 1 saturated heterocycles. The van der Waals surface area contributed by atoms with E-state index in [2.05, 4.69) is 5.32 Å². The molecule has 1 N–H and O–H groups in total.